The summed E-state index contributed by atoms with van der Waals surface area (Å²) in [5.41, 5.74) is 1.12. The summed E-state index contributed by atoms with van der Waals surface area (Å²) >= 11 is 2.01. The second kappa shape index (κ2) is 5.05. The van der Waals surface area contributed by atoms with E-state index in [1.165, 1.54) is 12.2 Å². The molecule has 2 aliphatic rings. The molecule has 2 aliphatic heterocycles. The second-order valence-corrected chi connectivity index (χ2v) is 6.29. The highest BCUT2D eigenvalue weighted by atomic mass is 32.2. The van der Waals surface area contributed by atoms with Crippen LogP contribution in [0.2, 0.25) is 0 Å². The van der Waals surface area contributed by atoms with Crippen molar-refractivity contribution < 1.29 is 4.74 Å². The lowest BCUT2D eigenvalue weighted by atomic mass is 9.90. The quantitative estimate of drug-likeness (QED) is 0.888. The Hall–Kier alpha value is -0.810. The standard InChI is InChI=1S/C13H19N3OS/c1-10-2-5-14-12(15-10)16-11-3-6-17-13(8-11)4-7-18-9-13/h2,5,11H,3-4,6-9H2,1H3,(H,14,15,16). The maximum Gasteiger partial charge on any atom is 0.223 e. The third-order valence-electron chi connectivity index (χ3n) is 3.69. The van der Waals surface area contributed by atoms with E-state index in [0.29, 0.717) is 6.04 Å². The van der Waals surface area contributed by atoms with Crippen molar-refractivity contribution >= 4 is 17.7 Å². The van der Waals surface area contributed by atoms with Gasteiger partial charge in [0.05, 0.1) is 5.60 Å². The molecule has 5 heteroatoms. The van der Waals surface area contributed by atoms with Crippen LogP contribution in [0.15, 0.2) is 12.3 Å². The van der Waals surface area contributed by atoms with E-state index in [2.05, 4.69) is 15.3 Å². The Kier molecular flexibility index (Phi) is 3.43. The summed E-state index contributed by atoms with van der Waals surface area (Å²) in [4.78, 5) is 8.69. The Bertz CT molecular complexity index is 420. The van der Waals surface area contributed by atoms with Crippen LogP contribution < -0.4 is 5.32 Å². The summed E-state index contributed by atoms with van der Waals surface area (Å²) in [7, 11) is 0. The topological polar surface area (TPSA) is 47.0 Å². The Balaban J connectivity index is 1.66. The minimum absolute atomic E-state index is 0.115. The molecule has 2 unspecified atom stereocenters. The number of rotatable bonds is 2. The number of hydrogen-bond donors (Lipinski definition) is 1. The highest BCUT2D eigenvalue weighted by Crippen LogP contribution is 2.38. The SMILES string of the molecule is Cc1ccnc(NC2CCOC3(CCSC3)C2)n1. The lowest BCUT2D eigenvalue weighted by Gasteiger charge is -2.38. The van der Waals surface area contributed by atoms with Gasteiger partial charge in [-0.05, 0) is 38.0 Å². The Labute approximate surface area is 112 Å². The number of thioether (sulfide) groups is 1. The maximum atomic E-state index is 6.02. The van der Waals surface area contributed by atoms with Gasteiger partial charge in [0.1, 0.15) is 0 Å². The maximum absolute atomic E-state index is 6.02. The van der Waals surface area contributed by atoms with Gasteiger partial charge < -0.3 is 10.1 Å². The lowest BCUT2D eigenvalue weighted by molar-refractivity contribution is -0.0628. The van der Waals surface area contributed by atoms with Gasteiger partial charge in [0.2, 0.25) is 5.95 Å². The minimum Gasteiger partial charge on any atom is -0.374 e. The van der Waals surface area contributed by atoms with Gasteiger partial charge in [0.15, 0.2) is 0 Å². The predicted octanol–water partition coefficient (Wildman–Crippen LogP) is 2.25. The first kappa shape index (κ1) is 12.2. The van der Waals surface area contributed by atoms with Crippen LogP contribution in [0.5, 0.6) is 0 Å². The summed E-state index contributed by atoms with van der Waals surface area (Å²) in [5.74, 6) is 3.12. The number of anilines is 1. The molecule has 0 radical (unpaired) electrons. The first-order valence-electron chi connectivity index (χ1n) is 6.54. The van der Waals surface area contributed by atoms with Crippen molar-refractivity contribution in [1.82, 2.24) is 9.97 Å². The van der Waals surface area contributed by atoms with E-state index in [0.717, 1.165) is 36.8 Å². The van der Waals surface area contributed by atoms with Crippen LogP contribution in [0.4, 0.5) is 5.95 Å². The summed E-state index contributed by atoms with van der Waals surface area (Å²) in [6, 6.07) is 2.36. The van der Waals surface area contributed by atoms with Crippen LogP contribution in [0.3, 0.4) is 0 Å². The van der Waals surface area contributed by atoms with Crippen molar-refractivity contribution in [2.75, 3.05) is 23.4 Å². The second-order valence-electron chi connectivity index (χ2n) is 5.19. The smallest absolute Gasteiger partial charge is 0.223 e. The fourth-order valence-corrected chi connectivity index (χ4v) is 4.09. The van der Waals surface area contributed by atoms with Crippen molar-refractivity contribution in [2.45, 2.75) is 37.8 Å². The predicted molar refractivity (Wildman–Crippen MR) is 74.0 cm³/mol. The van der Waals surface area contributed by atoms with Gasteiger partial charge in [0.25, 0.3) is 0 Å². The summed E-state index contributed by atoms with van der Waals surface area (Å²) < 4.78 is 6.02. The van der Waals surface area contributed by atoms with Gasteiger partial charge >= 0.3 is 0 Å². The number of ether oxygens (including phenoxy) is 1. The first-order valence-corrected chi connectivity index (χ1v) is 7.69. The van der Waals surface area contributed by atoms with Crippen LogP contribution in [0.1, 0.15) is 25.0 Å². The van der Waals surface area contributed by atoms with Crippen LogP contribution in [0, 0.1) is 6.92 Å². The molecular weight excluding hydrogens is 246 g/mol. The van der Waals surface area contributed by atoms with Crippen LogP contribution in [0.25, 0.3) is 0 Å². The molecule has 1 aromatic heterocycles. The van der Waals surface area contributed by atoms with Crippen molar-refractivity contribution in [2.24, 2.45) is 0 Å². The molecule has 0 bridgehead atoms. The van der Waals surface area contributed by atoms with E-state index in [1.807, 2.05) is 30.9 Å². The average Bonchev–Trinajstić information content (AvgIpc) is 2.77. The third-order valence-corrected chi connectivity index (χ3v) is 4.91. The lowest BCUT2D eigenvalue weighted by Crippen LogP contribution is -2.44. The zero-order chi connectivity index (χ0) is 12.4. The molecule has 4 nitrogen and oxygen atoms in total. The Morgan fingerprint density at radius 3 is 3.28 bits per heavy atom. The molecule has 0 saturated carbocycles. The van der Waals surface area contributed by atoms with E-state index < -0.39 is 0 Å². The van der Waals surface area contributed by atoms with E-state index >= 15 is 0 Å². The molecule has 0 amide bonds. The molecule has 3 heterocycles. The number of nitrogens with zero attached hydrogens (tertiary/aromatic N) is 2. The van der Waals surface area contributed by atoms with E-state index in [-0.39, 0.29) is 5.60 Å². The van der Waals surface area contributed by atoms with E-state index in [1.54, 1.807) is 0 Å². The van der Waals surface area contributed by atoms with Crippen molar-refractivity contribution in [3.63, 3.8) is 0 Å². The minimum atomic E-state index is 0.115. The number of nitrogens with one attached hydrogen (secondary N) is 1. The first-order chi connectivity index (χ1) is 8.76. The van der Waals surface area contributed by atoms with Gasteiger partial charge in [-0.2, -0.15) is 11.8 Å². The van der Waals surface area contributed by atoms with E-state index in [9.17, 15) is 0 Å². The van der Waals surface area contributed by atoms with Crippen molar-refractivity contribution in [1.29, 1.82) is 0 Å². The zero-order valence-corrected chi connectivity index (χ0v) is 11.5. The fraction of sp³-hybridized carbons (Fsp3) is 0.692. The highest BCUT2D eigenvalue weighted by Gasteiger charge is 2.40. The van der Waals surface area contributed by atoms with Gasteiger partial charge in [-0.1, -0.05) is 0 Å². The molecule has 3 rings (SSSR count). The molecule has 18 heavy (non-hydrogen) atoms. The number of aromatic nitrogens is 2. The molecule has 98 valence electrons. The summed E-state index contributed by atoms with van der Waals surface area (Å²) in [6.07, 6.45) is 5.12. The molecule has 0 aromatic carbocycles. The highest BCUT2D eigenvalue weighted by molar-refractivity contribution is 7.99. The molecule has 2 atom stereocenters. The van der Waals surface area contributed by atoms with Crippen LogP contribution >= 0.6 is 11.8 Å². The number of aryl methyl sites for hydroxylation is 1. The van der Waals surface area contributed by atoms with Gasteiger partial charge in [-0.15, -0.1) is 0 Å². The van der Waals surface area contributed by atoms with Gasteiger partial charge in [0, 0.05) is 30.3 Å². The van der Waals surface area contributed by atoms with E-state index in [4.69, 9.17) is 4.74 Å². The molecule has 1 N–H and O–H groups in total. The summed E-state index contributed by atoms with van der Waals surface area (Å²) in [6.45, 7) is 2.84. The molecular formula is C13H19N3OS. The number of hydrogen-bond acceptors (Lipinski definition) is 5. The summed E-state index contributed by atoms with van der Waals surface area (Å²) in [5, 5.41) is 3.46. The Morgan fingerprint density at radius 1 is 1.56 bits per heavy atom. The monoisotopic (exact) mass is 265 g/mol. The molecule has 2 fully saturated rings. The molecule has 0 aliphatic carbocycles. The average molecular weight is 265 g/mol. The molecule has 1 spiro atoms. The Morgan fingerprint density at radius 2 is 2.50 bits per heavy atom. The molecule has 2 saturated heterocycles. The van der Waals surface area contributed by atoms with Crippen molar-refractivity contribution in [3.05, 3.63) is 18.0 Å². The third kappa shape index (κ3) is 2.62. The zero-order valence-electron chi connectivity index (χ0n) is 10.7. The largest absolute Gasteiger partial charge is 0.374 e. The normalized spacial score (nSPS) is 31.7. The van der Waals surface area contributed by atoms with Crippen LogP contribution in [-0.2, 0) is 4.74 Å². The van der Waals surface area contributed by atoms with Gasteiger partial charge in [-0.25, -0.2) is 9.97 Å². The van der Waals surface area contributed by atoms with Gasteiger partial charge in [-0.3, -0.25) is 0 Å². The molecule has 1 aromatic rings. The van der Waals surface area contributed by atoms with Crippen LogP contribution in [-0.4, -0.2) is 39.7 Å². The fourth-order valence-electron chi connectivity index (χ4n) is 2.72. The van der Waals surface area contributed by atoms with Crippen molar-refractivity contribution in [3.8, 4) is 0 Å².